The van der Waals surface area contributed by atoms with E-state index in [1.165, 1.54) is 0 Å². The van der Waals surface area contributed by atoms with Crippen molar-refractivity contribution in [3.05, 3.63) is 30.3 Å². The minimum Gasteiger partial charge on any atom is -0.344 e. The summed E-state index contributed by atoms with van der Waals surface area (Å²) in [6, 6.07) is 9.22. The molecule has 24 heavy (non-hydrogen) atoms. The molecule has 2 aliphatic carbocycles. The molecule has 128 valence electrons. The summed E-state index contributed by atoms with van der Waals surface area (Å²) < 4.78 is 0. The molecule has 2 amide bonds. The Kier molecular flexibility index (Phi) is 4.04. The molecule has 1 aromatic carbocycles. The van der Waals surface area contributed by atoms with E-state index in [-0.39, 0.29) is 23.8 Å². The molecule has 1 saturated heterocycles. The van der Waals surface area contributed by atoms with Crippen molar-refractivity contribution in [3.63, 3.8) is 0 Å². The summed E-state index contributed by atoms with van der Waals surface area (Å²) >= 11 is 0. The van der Waals surface area contributed by atoms with E-state index in [2.05, 4.69) is 5.32 Å². The molecule has 3 aliphatic rings. The summed E-state index contributed by atoms with van der Waals surface area (Å²) in [5, 5.41) is 3.02. The fourth-order valence-electron chi connectivity index (χ4n) is 4.87. The third kappa shape index (κ3) is 2.61. The van der Waals surface area contributed by atoms with Gasteiger partial charge in [-0.15, -0.1) is 0 Å². The fraction of sp³-hybridized carbons (Fsp3) is 0.579. The smallest absolute Gasteiger partial charge is 0.249 e. The van der Waals surface area contributed by atoms with Crippen LogP contribution >= 0.6 is 0 Å². The highest BCUT2D eigenvalue weighted by molar-refractivity contribution is 6.00. The standard InChI is InChI=1S/C19H25N3O2/c20-17-13-9-8-12(11-13)16(17)18(23)21-15-7-4-10-22(19(15)24)14-5-2-1-3-6-14/h1-3,5-6,12-13,15-17H,4,7-11,20H2,(H,21,23). The Hall–Kier alpha value is -1.88. The number of rotatable bonds is 3. The van der Waals surface area contributed by atoms with Gasteiger partial charge in [0.15, 0.2) is 0 Å². The molecule has 3 fully saturated rings. The fourth-order valence-corrected chi connectivity index (χ4v) is 4.87. The van der Waals surface area contributed by atoms with Crippen LogP contribution in [-0.4, -0.2) is 30.4 Å². The highest BCUT2D eigenvalue weighted by Crippen LogP contribution is 2.47. The van der Waals surface area contributed by atoms with Crippen molar-refractivity contribution in [2.75, 3.05) is 11.4 Å². The highest BCUT2D eigenvalue weighted by atomic mass is 16.2. The van der Waals surface area contributed by atoms with E-state index in [0.717, 1.165) is 31.4 Å². The first-order valence-electron chi connectivity index (χ1n) is 9.07. The Bertz CT molecular complexity index is 631. The maximum Gasteiger partial charge on any atom is 0.249 e. The quantitative estimate of drug-likeness (QED) is 0.887. The average molecular weight is 327 g/mol. The summed E-state index contributed by atoms with van der Waals surface area (Å²) in [5.41, 5.74) is 7.17. The lowest BCUT2D eigenvalue weighted by Crippen LogP contribution is -2.55. The summed E-state index contributed by atoms with van der Waals surface area (Å²) in [6.45, 7) is 0.711. The van der Waals surface area contributed by atoms with Gasteiger partial charge in [0.1, 0.15) is 6.04 Å². The van der Waals surface area contributed by atoms with Gasteiger partial charge in [0, 0.05) is 18.3 Å². The molecule has 5 atom stereocenters. The molecule has 1 aromatic rings. The molecule has 1 heterocycles. The number of piperidine rings is 1. The van der Waals surface area contributed by atoms with Crippen LogP contribution < -0.4 is 16.0 Å². The third-order valence-corrected chi connectivity index (χ3v) is 6.11. The molecule has 0 radical (unpaired) electrons. The average Bonchev–Trinajstić information content (AvgIpc) is 3.18. The molecule has 4 rings (SSSR count). The van der Waals surface area contributed by atoms with Gasteiger partial charge >= 0.3 is 0 Å². The Morgan fingerprint density at radius 2 is 1.88 bits per heavy atom. The van der Waals surface area contributed by atoms with Gasteiger partial charge in [0.05, 0.1) is 5.92 Å². The van der Waals surface area contributed by atoms with E-state index in [1.807, 2.05) is 30.3 Å². The maximum absolute atomic E-state index is 12.8. The lowest BCUT2D eigenvalue weighted by Gasteiger charge is -2.34. The largest absolute Gasteiger partial charge is 0.344 e. The SMILES string of the molecule is NC1C2CCC(C2)C1C(=O)NC1CCCN(c2ccccc2)C1=O. The van der Waals surface area contributed by atoms with Gasteiger partial charge in [-0.05, 0) is 56.1 Å². The lowest BCUT2D eigenvalue weighted by molar-refractivity contribution is -0.132. The second-order valence-electron chi connectivity index (χ2n) is 7.47. The second kappa shape index (κ2) is 6.20. The van der Waals surface area contributed by atoms with E-state index in [4.69, 9.17) is 5.73 Å². The minimum absolute atomic E-state index is 0.00229. The molecular weight excluding hydrogens is 302 g/mol. The van der Waals surface area contributed by atoms with Gasteiger partial charge in [0.25, 0.3) is 0 Å². The third-order valence-electron chi connectivity index (χ3n) is 6.11. The number of hydrogen-bond acceptors (Lipinski definition) is 3. The van der Waals surface area contributed by atoms with Crippen LogP contribution in [0.1, 0.15) is 32.1 Å². The summed E-state index contributed by atoms with van der Waals surface area (Å²) in [6.07, 6.45) is 4.94. The Balaban J connectivity index is 1.44. The zero-order valence-corrected chi connectivity index (χ0v) is 13.9. The first kappa shape index (κ1) is 15.6. The van der Waals surface area contributed by atoms with Crippen LogP contribution in [0.15, 0.2) is 30.3 Å². The molecule has 5 unspecified atom stereocenters. The number of nitrogens with two attached hydrogens (primary N) is 1. The number of fused-ring (bicyclic) bond motifs is 2. The number of anilines is 1. The van der Waals surface area contributed by atoms with Crippen LogP contribution in [-0.2, 0) is 9.59 Å². The Labute approximate surface area is 142 Å². The molecule has 1 aliphatic heterocycles. The van der Waals surface area contributed by atoms with Gasteiger partial charge in [-0.1, -0.05) is 18.2 Å². The number of para-hydroxylation sites is 1. The number of amides is 2. The van der Waals surface area contributed by atoms with Gasteiger partial charge < -0.3 is 16.0 Å². The maximum atomic E-state index is 12.8. The second-order valence-corrected chi connectivity index (χ2v) is 7.47. The topological polar surface area (TPSA) is 75.4 Å². The molecule has 5 nitrogen and oxygen atoms in total. The van der Waals surface area contributed by atoms with Crippen molar-refractivity contribution in [2.45, 2.75) is 44.2 Å². The number of benzene rings is 1. The number of hydrogen-bond donors (Lipinski definition) is 2. The number of carbonyl (C=O) groups is 2. The minimum atomic E-state index is -0.419. The number of carbonyl (C=O) groups excluding carboxylic acids is 2. The molecule has 5 heteroatoms. The van der Waals surface area contributed by atoms with Gasteiger partial charge in [-0.3, -0.25) is 9.59 Å². The molecule has 2 saturated carbocycles. The molecule has 3 N–H and O–H groups in total. The molecular formula is C19H25N3O2. The Morgan fingerprint density at radius 3 is 2.58 bits per heavy atom. The van der Waals surface area contributed by atoms with Gasteiger partial charge in [-0.25, -0.2) is 0 Å². The predicted molar refractivity (Wildman–Crippen MR) is 92.3 cm³/mol. The van der Waals surface area contributed by atoms with E-state index in [1.54, 1.807) is 4.90 Å². The van der Waals surface area contributed by atoms with Crippen LogP contribution in [0.4, 0.5) is 5.69 Å². The highest BCUT2D eigenvalue weighted by Gasteiger charge is 2.49. The summed E-state index contributed by atoms with van der Waals surface area (Å²) in [4.78, 5) is 27.3. The number of nitrogens with zero attached hydrogens (tertiary/aromatic N) is 1. The summed E-state index contributed by atoms with van der Waals surface area (Å²) in [5.74, 6) is 0.784. The van der Waals surface area contributed by atoms with Crippen molar-refractivity contribution in [1.29, 1.82) is 0 Å². The predicted octanol–water partition coefficient (Wildman–Crippen LogP) is 1.67. The lowest BCUT2D eigenvalue weighted by atomic mass is 9.84. The van der Waals surface area contributed by atoms with E-state index in [0.29, 0.717) is 24.8 Å². The van der Waals surface area contributed by atoms with Crippen molar-refractivity contribution >= 4 is 17.5 Å². The van der Waals surface area contributed by atoms with Gasteiger partial charge in [-0.2, -0.15) is 0 Å². The van der Waals surface area contributed by atoms with E-state index in [9.17, 15) is 9.59 Å². The van der Waals surface area contributed by atoms with Crippen LogP contribution in [0.2, 0.25) is 0 Å². The normalized spacial score (nSPS) is 35.3. The Morgan fingerprint density at radius 1 is 1.12 bits per heavy atom. The van der Waals surface area contributed by atoms with E-state index >= 15 is 0 Å². The molecule has 0 spiro atoms. The molecule has 0 aromatic heterocycles. The zero-order chi connectivity index (χ0) is 16.7. The summed E-state index contributed by atoms with van der Waals surface area (Å²) in [7, 11) is 0. The first-order valence-corrected chi connectivity index (χ1v) is 9.07. The number of nitrogens with one attached hydrogen (secondary N) is 1. The van der Waals surface area contributed by atoms with Crippen LogP contribution in [0.3, 0.4) is 0 Å². The van der Waals surface area contributed by atoms with Crippen molar-refractivity contribution < 1.29 is 9.59 Å². The first-order chi connectivity index (χ1) is 11.6. The van der Waals surface area contributed by atoms with Crippen molar-refractivity contribution in [1.82, 2.24) is 5.32 Å². The van der Waals surface area contributed by atoms with E-state index < -0.39 is 6.04 Å². The monoisotopic (exact) mass is 327 g/mol. The zero-order valence-electron chi connectivity index (χ0n) is 13.9. The van der Waals surface area contributed by atoms with Crippen LogP contribution in [0.25, 0.3) is 0 Å². The van der Waals surface area contributed by atoms with Crippen LogP contribution in [0, 0.1) is 17.8 Å². The van der Waals surface area contributed by atoms with Crippen LogP contribution in [0.5, 0.6) is 0 Å². The van der Waals surface area contributed by atoms with Gasteiger partial charge in [0.2, 0.25) is 11.8 Å². The van der Waals surface area contributed by atoms with Crippen molar-refractivity contribution in [2.24, 2.45) is 23.5 Å². The van der Waals surface area contributed by atoms with Crippen molar-refractivity contribution in [3.8, 4) is 0 Å². The molecule has 2 bridgehead atoms.